The monoisotopic (exact) mass is 368 g/mol. The number of aromatic hydroxyl groups is 2. The molecule has 0 heterocycles. The Morgan fingerprint density at radius 2 is 2.00 bits per heavy atom. The minimum atomic E-state index is -0.853. The van der Waals surface area contributed by atoms with Crippen molar-refractivity contribution in [3.63, 3.8) is 0 Å². The summed E-state index contributed by atoms with van der Waals surface area (Å²) in [4.78, 5) is 11.9. The number of amides is 1. The SMILES string of the molecule is CC(Oc1ccc(Cl)cc1Cl)C(=O)NN=Cc1ccc(O)cc1O. The molecule has 0 aliphatic rings. The van der Waals surface area contributed by atoms with E-state index in [4.69, 9.17) is 27.9 Å². The van der Waals surface area contributed by atoms with Gasteiger partial charge in [0.1, 0.15) is 17.2 Å². The highest BCUT2D eigenvalue weighted by Gasteiger charge is 2.15. The third kappa shape index (κ3) is 4.78. The molecule has 2 rings (SSSR count). The molecule has 0 radical (unpaired) electrons. The lowest BCUT2D eigenvalue weighted by Gasteiger charge is -2.14. The Labute approximate surface area is 148 Å². The third-order valence-corrected chi connectivity index (χ3v) is 3.49. The van der Waals surface area contributed by atoms with E-state index in [2.05, 4.69) is 10.5 Å². The van der Waals surface area contributed by atoms with E-state index in [1.807, 2.05) is 0 Å². The number of hydrogen-bond donors (Lipinski definition) is 3. The molecule has 0 aliphatic carbocycles. The standard InChI is InChI=1S/C16H14Cl2N2O4/c1-9(24-15-5-3-11(17)6-13(15)18)16(23)20-19-8-10-2-4-12(21)7-14(10)22/h2-9,21-22H,1H3,(H,20,23). The molecule has 0 saturated heterocycles. The lowest BCUT2D eigenvalue weighted by molar-refractivity contribution is -0.127. The highest BCUT2D eigenvalue weighted by Crippen LogP contribution is 2.28. The molecule has 0 bridgehead atoms. The van der Waals surface area contributed by atoms with Crippen molar-refractivity contribution in [2.75, 3.05) is 0 Å². The van der Waals surface area contributed by atoms with Gasteiger partial charge in [0.25, 0.3) is 5.91 Å². The van der Waals surface area contributed by atoms with Crippen molar-refractivity contribution < 1.29 is 19.7 Å². The predicted molar refractivity (Wildman–Crippen MR) is 92.1 cm³/mol. The van der Waals surface area contributed by atoms with Crippen LogP contribution in [0.2, 0.25) is 10.0 Å². The number of carbonyl (C=O) groups excluding carboxylic acids is 1. The van der Waals surface area contributed by atoms with Crippen LogP contribution in [0.4, 0.5) is 0 Å². The van der Waals surface area contributed by atoms with Gasteiger partial charge < -0.3 is 14.9 Å². The molecule has 2 aromatic carbocycles. The highest BCUT2D eigenvalue weighted by atomic mass is 35.5. The quantitative estimate of drug-likeness (QED) is 0.557. The molecule has 0 spiro atoms. The van der Waals surface area contributed by atoms with Gasteiger partial charge in [-0.2, -0.15) is 5.10 Å². The summed E-state index contributed by atoms with van der Waals surface area (Å²) in [6, 6.07) is 8.67. The summed E-state index contributed by atoms with van der Waals surface area (Å²) in [5, 5.41) is 23.3. The second kappa shape index (κ2) is 7.90. The number of phenolic OH excluding ortho intramolecular Hbond substituents is 2. The molecule has 0 saturated carbocycles. The van der Waals surface area contributed by atoms with E-state index in [0.29, 0.717) is 21.4 Å². The minimum Gasteiger partial charge on any atom is -0.508 e. The second-order valence-corrected chi connectivity index (χ2v) is 5.66. The molecular weight excluding hydrogens is 355 g/mol. The van der Waals surface area contributed by atoms with Gasteiger partial charge >= 0.3 is 0 Å². The van der Waals surface area contributed by atoms with E-state index in [1.165, 1.54) is 31.3 Å². The second-order valence-electron chi connectivity index (χ2n) is 4.81. The summed E-state index contributed by atoms with van der Waals surface area (Å²) in [5.74, 6) is -0.416. The van der Waals surface area contributed by atoms with Crippen molar-refractivity contribution in [3.05, 3.63) is 52.0 Å². The van der Waals surface area contributed by atoms with Crippen LogP contribution >= 0.6 is 23.2 Å². The van der Waals surface area contributed by atoms with E-state index in [1.54, 1.807) is 12.1 Å². The Bertz CT molecular complexity index is 781. The van der Waals surface area contributed by atoms with Gasteiger partial charge in [0, 0.05) is 16.7 Å². The molecule has 1 unspecified atom stereocenters. The van der Waals surface area contributed by atoms with Crippen molar-refractivity contribution in [1.82, 2.24) is 5.43 Å². The van der Waals surface area contributed by atoms with Crippen LogP contribution in [0.1, 0.15) is 12.5 Å². The number of halogens is 2. The van der Waals surface area contributed by atoms with E-state index in [9.17, 15) is 15.0 Å². The molecule has 1 atom stereocenters. The van der Waals surface area contributed by atoms with Crippen LogP contribution in [0.15, 0.2) is 41.5 Å². The lowest BCUT2D eigenvalue weighted by Crippen LogP contribution is -2.33. The zero-order valence-corrected chi connectivity index (χ0v) is 14.0. The van der Waals surface area contributed by atoms with Crippen LogP contribution < -0.4 is 10.2 Å². The number of hydrogen-bond acceptors (Lipinski definition) is 5. The first-order valence-corrected chi connectivity index (χ1v) is 7.59. The minimum absolute atomic E-state index is 0.0736. The summed E-state index contributed by atoms with van der Waals surface area (Å²) in [6.07, 6.45) is 0.392. The highest BCUT2D eigenvalue weighted by molar-refractivity contribution is 6.35. The third-order valence-electron chi connectivity index (χ3n) is 2.96. The number of nitrogens with zero attached hydrogens (tertiary/aromatic N) is 1. The number of nitrogens with one attached hydrogen (secondary N) is 1. The zero-order chi connectivity index (χ0) is 17.7. The smallest absolute Gasteiger partial charge is 0.280 e. The molecule has 24 heavy (non-hydrogen) atoms. The van der Waals surface area contributed by atoms with Crippen LogP contribution in [-0.2, 0) is 4.79 Å². The molecule has 1 amide bonds. The number of hydrazone groups is 1. The average Bonchev–Trinajstić information content (AvgIpc) is 2.52. The zero-order valence-electron chi connectivity index (χ0n) is 12.5. The van der Waals surface area contributed by atoms with Gasteiger partial charge in [0.15, 0.2) is 6.10 Å². The average molecular weight is 369 g/mol. The van der Waals surface area contributed by atoms with Crippen LogP contribution in [0.3, 0.4) is 0 Å². The van der Waals surface area contributed by atoms with Crippen molar-refractivity contribution >= 4 is 35.3 Å². The number of benzene rings is 2. The Kier molecular flexibility index (Phi) is 5.89. The normalized spacial score (nSPS) is 12.1. The van der Waals surface area contributed by atoms with Gasteiger partial charge in [-0.1, -0.05) is 23.2 Å². The fourth-order valence-corrected chi connectivity index (χ4v) is 2.17. The number of rotatable bonds is 5. The van der Waals surface area contributed by atoms with Crippen LogP contribution in [0.5, 0.6) is 17.2 Å². The molecule has 0 fully saturated rings. The maximum absolute atomic E-state index is 11.9. The van der Waals surface area contributed by atoms with Gasteiger partial charge in [-0.05, 0) is 37.3 Å². The van der Waals surface area contributed by atoms with Crippen molar-refractivity contribution in [2.45, 2.75) is 13.0 Å². The summed E-state index contributed by atoms with van der Waals surface area (Å²) in [7, 11) is 0. The van der Waals surface area contributed by atoms with Gasteiger partial charge in [-0.15, -0.1) is 0 Å². The Balaban J connectivity index is 1.95. The number of phenols is 2. The number of ether oxygens (including phenoxy) is 1. The lowest BCUT2D eigenvalue weighted by atomic mass is 10.2. The summed E-state index contributed by atoms with van der Waals surface area (Å²) in [6.45, 7) is 1.54. The van der Waals surface area contributed by atoms with Crippen LogP contribution in [0.25, 0.3) is 0 Å². The molecule has 3 N–H and O–H groups in total. The van der Waals surface area contributed by atoms with E-state index in [-0.39, 0.29) is 11.5 Å². The first kappa shape index (κ1) is 17.9. The van der Waals surface area contributed by atoms with Crippen LogP contribution in [-0.4, -0.2) is 28.4 Å². The number of carbonyl (C=O) groups is 1. The molecular formula is C16H14Cl2N2O4. The largest absolute Gasteiger partial charge is 0.508 e. The fraction of sp³-hybridized carbons (Fsp3) is 0.125. The van der Waals surface area contributed by atoms with Crippen molar-refractivity contribution in [2.24, 2.45) is 5.10 Å². The Morgan fingerprint density at radius 3 is 2.67 bits per heavy atom. The molecule has 0 aromatic heterocycles. The van der Waals surface area contributed by atoms with E-state index in [0.717, 1.165) is 6.07 Å². The van der Waals surface area contributed by atoms with Gasteiger partial charge in [0.2, 0.25) is 0 Å². The summed E-state index contributed by atoms with van der Waals surface area (Å²) in [5.41, 5.74) is 2.62. The first-order valence-electron chi connectivity index (χ1n) is 6.83. The maximum atomic E-state index is 11.9. The fourth-order valence-electron chi connectivity index (χ4n) is 1.71. The first-order chi connectivity index (χ1) is 11.4. The van der Waals surface area contributed by atoms with E-state index < -0.39 is 12.0 Å². The predicted octanol–water partition coefficient (Wildman–Crippen LogP) is 3.32. The van der Waals surface area contributed by atoms with E-state index >= 15 is 0 Å². The Hall–Kier alpha value is -2.44. The summed E-state index contributed by atoms with van der Waals surface area (Å²) < 4.78 is 5.45. The van der Waals surface area contributed by atoms with Gasteiger partial charge in [0.05, 0.1) is 11.2 Å². The van der Waals surface area contributed by atoms with Gasteiger partial charge in [-0.25, -0.2) is 5.43 Å². The molecule has 126 valence electrons. The molecule has 0 aliphatic heterocycles. The van der Waals surface area contributed by atoms with Crippen molar-refractivity contribution in [1.29, 1.82) is 0 Å². The van der Waals surface area contributed by atoms with Crippen LogP contribution in [0, 0.1) is 0 Å². The molecule has 2 aromatic rings. The molecule has 8 heteroatoms. The maximum Gasteiger partial charge on any atom is 0.280 e. The summed E-state index contributed by atoms with van der Waals surface area (Å²) >= 11 is 11.8. The topological polar surface area (TPSA) is 91.2 Å². The molecule has 6 nitrogen and oxygen atoms in total. The van der Waals surface area contributed by atoms with Crippen molar-refractivity contribution in [3.8, 4) is 17.2 Å². The Morgan fingerprint density at radius 1 is 1.25 bits per heavy atom. The van der Waals surface area contributed by atoms with Gasteiger partial charge in [-0.3, -0.25) is 4.79 Å².